The molecule has 0 aliphatic carbocycles. The minimum atomic E-state index is -1.20. The fourth-order valence-corrected chi connectivity index (χ4v) is 3.25. The lowest BCUT2D eigenvalue weighted by Gasteiger charge is -2.24. The minimum absolute atomic E-state index is 0.0172. The van der Waals surface area contributed by atoms with Crippen LogP contribution in [0.15, 0.2) is 42.5 Å². The van der Waals surface area contributed by atoms with Crippen molar-refractivity contribution in [3.63, 3.8) is 0 Å². The number of aliphatic carboxylic acids is 4. The highest BCUT2D eigenvalue weighted by Crippen LogP contribution is 2.30. The minimum Gasteiger partial charge on any atom is -0.488 e. The molecule has 0 bridgehead atoms. The maximum atomic E-state index is 11.2. The van der Waals surface area contributed by atoms with Crippen LogP contribution in [0.4, 0.5) is 11.4 Å². The molecule has 0 saturated heterocycles. The Morgan fingerprint density at radius 3 is 1.57 bits per heavy atom. The van der Waals surface area contributed by atoms with Gasteiger partial charge in [0.2, 0.25) is 0 Å². The fourth-order valence-electron chi connectivity index (χ4n) is 3.25. The lowest BCUT2D eigenvalue weighted by molar-refractivity contribution is -0.138. The van der Waals surface area contributed by atoms with E-state index in [1.54, 1.807) is 43.3 Å². The third-order valence-electron chi connectivity index (χ3n) is 4.56. The van der Waals surface area contributed by atoms with Crippen LogP contribution in [0, 0.1) is 6.92 Å². The summed E-state index contributed by atoms with van der Waals surface area (Å²) in [7, 11) is 0. The van der Waals surface area contributed by atoms with Gasteiger partial charge in [0.1, 0.15) is 50.9 Å². The molecule has 0 aliphatic rings. The first-order chi connectivity index (χ1) is 16.6. The van der Waals surface area contributed by atoms with E-state index in [-0.39, 0.29) is 36.1 Å². The quantitative estimate of drug-likeness (QED) is 0.265. The smallest absolute Gasteiger partial charge is 0.323 e. The van der Waals surface area contributed by atoms with E-state index in [0.717, 1.165) is 15.4 Å². The van der Waals surface area contributed by atoms with Crippen LogP contribution in [0.5, 0.6) is 11.5 Å². The van der Waals surface area contributed by atoms with E-state index >= 15 is 0 Å². The van der Waals surface area contributed by atoms with Crippen molar-refractivity contribution in [2.45, 2.75) is 6.92 Å². The number of carboxylic acids is 4. The molecule has 0 amide bonds. The molecule has 2 aromatic carbocycles. The van der Waals surface area contributed by atoms with Crippen molar-refractivity contribution in [2.75, 3.05) is 49.2 Å². The first-order valence-electron chi connectivity index (χ1n) is 10.4. The van der Waals surface area contributed by atoms with E-state index in [2.05, 4.69) is 0 Å². The maximum Gasteiger partial charge on any atom is 0.323 e. The Bertz CT molecular complexity index is 1040. The van der Waals surface area contributed by atoms with Gasteiger partial charge in [-0.2, -0.15) is 0 Å². The first kappa shape index (κ1) is 26.8. The predicted octanol–water partition coefficient (Wildman–Crippen LogP) is 1.40. The average molecular weight is 490 g/mol. The van der Waals surface area contributed by atoms with Crippen LogP contribution in [0.1, 0.15) is 5.56 Å². The normalized spacial score (nSPS) is 10.3. The molecule has 0 saturated carbocycles. The van der Waals surface area contributed by atoms with Crippen LogP contribution in [-0.2, 0) is 19.2 Å². The zero-order valence-corrected chi connectivity index (χ0v) is 18.9. The molecule has 4 N–H and O–H groups in total. The van der Waals surface area contributed by atoms with Gasteiger partial charge in [0.15, 0.2) is 0 Å². The van der Waals surface area contributed by atoms with Gasteiger partial charge in [0.25, 0.3) is 0 Å². The Balaban J connectivity index is 2.14. The number of benzene rings is 2. The Kier molecular flexibility index (Phi) is 9.70. The second kappa shape index (κ2) is 12.7. The van der Waals surface area contributed by atoms with Gasteiger partial charge in [-0.15, -0.1) is 0 Å². The van der Waals surface area contributed by atoms with Gasteiger partial charge in [-0.25, -0.2) is 0 Å². The van der Waals surface area contributed by atoms with E-state index in [9.17, 15) is 19.2 Å². The van der Waals surface area contributed by atoms with Gasteiger partial charge in [0, 0.05) is 0 Å². The second-order valence-corrected chi connectivity index (χ2v) is 7.42. The van der Waals surface area contributed by atoms with Gasteiger partial charge >= 0.3 is 23.9 Å². The monoisotopic (exact) mass is 490 g/mol. The average Bonchev–Trinajstić information content (AvgIpc) is 2.75. The summed E-state index contributed by atoms with van der Waals surface area (Å²) in [6, 6.07) is 11.3. The van der Waals surface area contributed by atoms with Crippen molar-refractivity contribution in [1.29, 1.82) is 0 Å². The highest BCUT2D eigenvalue weighted by atomic mass is 16.5. The molecule has 0 atom stereocenters. The number of ether oxygens (including phenoxy) is 2. The molecule has 0 radical (unpaired) electrons. The van der Waals surface area contributed by atoms with Crippen molar-refractivity contribution in [2.24, 2.45) is 0 Å². The molecule has 0 aliphatic heterocycles. The van der Waals surface area contributed by atoms with Crippen LogP contribution < -0.4 is 19.3 Å². The number of carbonyl (C=O) groups is 4. The van der Waals surface area contributed by atoms with Gasteiger partial charge in [-0.3, -0.25) is 19.2 Å². The SMILES string of the molecule is Cc1ccc(N(CC(=O)O)CC(=O)O)c(OCCOc2ccccc2N(CC(=O)O)CC(=O)O)c1. The van der Waals surface area contributed by atoms with Crippen molar-refractivity contribution in [3.05, 3.63) is 48.0 Å². The summed E-state index contributed by atoms with van der Waals surface area (Å²) in [6.45, 7) is -0.413. The predicted molar refractivity (Wildman–Crippen MR) is 124 cm³/mol. The molecule has 0 aromatic heterocycles. The standard InChI is InChI=1S/C23H26N2O10/c1-15-6-7-17(25(13-22(30)31)14-23(32)33)19(10-15)35-9-8-34-18-5-3-2-4-16(18)24(11-20(26)27)12-21(28)29/h2-7,10H,8-9,11-14H2,1H3,(H,26,27)(H,28,29)(H,30,31)(H,32,33). The number of nitrogens with zero attached hydrogens (tertiary/aromatic N) is 2. The Morgan fingerprint density at radius 2 is 1.09 bits per heavy atom. The lowest BCUT2D eigenvalue weighted by atomic mass is 10.2. The van der Waals surface area contributed by atoms with Crippen LogP contribution in [-0.4, -0.2) is 83.7 Å². The third-order valence-corrected chi connectivity index (χ3v) is 4.56. The number of hydrogen-bond acceptors (Lipinski definition) is 8. The lowest BCUT2D eigenvalue weighted by Crippen LogP contribution is -2.35. The van der Waals surface area contributed by atoms with Crippen molar-refractivity contribution >= 4 is 35.3 Å². The molecule has 2 aromatic rings. The summed E-state index contributed by atoms with van der Waals surface area (Å²) >= 11 is 0. The van der Waals surface area contributed by atoms with E-state index < -0.39 is 50.1 Å². The Hall–Kier alpha value is -4.48. The summed E-state index contributed by atoms with van der Waals surface area (Å²) in [6.07, 6.45) is 0. The summed E-state index contributed by atoms with van der Waals surface area (Å²) in [5, 5.41) is 36.5. The largest absolute Gasteiger partial charge is 0.488 e. The molecule has 0 fully saturated rings. The molecule has 188 valence electrons. The van der Waals surface area contributed by atoms with Gasteiger partial charge in [-0.05, 0) is 36.8 Å². The first-order valence-corrected chi connectivity index (χ1v) is 10.4. The highest BCUT2D eigenvalue weighted by Gasteiger charge is 2.20. The van der Waals surface area contributed by atoms with Crippen molar-refractivity contribution in [1.82, 2.24) is 0 Å². The number of rotatable bonds is 15. The van der Waals surface area contributed by atoms with Gasteiger partial charge < -0.3 is 39.7 Å². The molecular weight excluding hydrogens is 464 g/mol. The van der Waals surface area contributed by atoms with Crippen LogP contribution in [0.2, 0.25) is 0 Å². The number of hydrogen-bond donors (Lipinski definition) is 4. The second-order valence-electron chi connectivity index (χ2n) is 7.42. The number of carboxylic acid groups (broad SMARTS) is 4. The topological polar surface area (TPSA) is 174 Å². The summed E-state index contributed by atoms with van der Waals surface area (Å²) in [5.74, 6) is -4.30. The molecule has 35 heavy (non-hydrogen) atoms. The molecule has 0 unspecified atom stereocenters. The molecule has 12 heteroatoms. The zero-order chi connectivity index (χ0) is 26.0. The molecule has 2 rings (SSSR count). The molecule has 0 heterocycles. The van der Waals surface area contributed by atoms with Crippen molar-refractivity contribution in [3.8, 4) is 11.5 Å². The number of para-hydroxylation sites is 2. The summed E-state index contributed by atoms with van der Waals surface area (Å²) in [5.41, 5.74) is 1.37. The molecule has 0 spiro atoms. The summed E-state index contributed by atoms with van der Waals surface area (Å²) in [4.78, 5) is 47.1. The maximum absolute atomic E-state index is 11.2. The van der Waals surface area contributed by atoms with E-state index in [0.29, 0.717) is 0 Å². The molecular formula is C23H26N2O10. The van der Waals surface area contributed by atoms with Gasteiger partial charge in [0.05, 0.1) is 11.4 Å². The number of anilines is 2. The van der Waals surface area contributed by atoms with E-state index in [1.165, 1.54) is 6.07 Å². The van der Waals surface area contributed by atoms with Crippen LogP contribution >= 0.6 is 0 Å². The summed E-state index contributed by atoms with van der Waals surface area (Å²) < 4.78 is 11.5. The third kappa shape index (κ3) is 8.76. The van der Waals surface area contributed by atoms with Gasteiger partial charge in [-0.1, -0.05) is 18.2 Å². The van der Waals surface area contributed by atoms with E-state index in [1.807, 2.05) is 0 Å². The Morgan fingerprint density at radius 1 is 0.657 bits per heavy atom. The van der Waals surface area contributed by atoms with Crippen molar-refractivity contribution < 1.29 is 49.1 Å². The highest BCUT2D eigenvalue weighted by molar-refractivity contribution is 5.82. The van der Waals surface area contributed by atoms with Crippen LogP contribution in [0.3, 0.4) is 0 Å². The van der Waals surface area contributed by atoms with Crippen LogP contribution in [0.25, 0.3) is 0 Å². The molecule has 12 nitrogen and oxygen atoms in total. The zero-order valence-electron chi connectivity index (χ0n) is 18.9. The Labute approximate surface area is 200 Å². The number of aryl methyl sites for hydroxylation is 1. The fraction of sp³-hybridized carbons (Fsp3) is 0.304. The van der Waals surface area contributed by atoms with E-state index in [4.69, 9.17) is 29.9 Å².